The van der Waals surface area contributed by atoms with Crippen molar-refractivity contribution in [2.75, 3.05) is 5.75 Å². The number of aromatic nitrogens is 3. The summed E-state index contributed by atoms with van der Waals surface area (Å²) < 4.78 is 1.91. The first-order chi connectivity index (χ1) is 11.6. The zero-order valence-corrected chi connectivity index (χ0v) is 15.0. The maximum absolute atomic E-state index is 12.3. The molecule has 128 valence electrons. The van der Waals surface area contributed by atoms with E-state index in [-0.39, 0.29) is 5.91 Å². The molecule has 3 rings (SSSR count). The molecule has 6 heteroatoms. The van der Waals surface area contributed by atoms with Crippen LogP contribution in [0.5, 0.6) is 0 Å². The number of rotatable bonds is 5. The van der Waals surface area contributed by atoms with Crippen LogP contribution in [0.2, 0.25) is 0 Å². The molecule has 0 bridgehead atoms. The van der Waals surface area contributed by atoms with Crippen molar-refractivity contribution in [3.63, 3.8) is 0 Å². The number of amides is 1. The number of hydrogen-bond donors (Lipinski definition) is 1. The smallest absolute Gasteiger partial charge is 0.230 e. The number of carbonyl (C=O) groups is 1. The first-order valence-corrected chi connectivity index (χ1v) is 9.51. The van der Waals surface area contributed by atoms with Gasteiger partial charge >= 0.3 is 0 Å². The average molecular weight is 344 g/mol. The van der Waals surface area contributed by atoms with Gasteiger partial charge in [0.25, 0.3) is 0 Å². The van der Waals surface area contributed by atoms with Gasteiger partial charge in [-0.25, -0.2) is 0 Å². The lowest BCUT2D eigenvalue weighted by atomic mass is 9.78. The van der Waals surface area contributed by atoms with E-state index >= 15 is 0 Å². The minimum atomic E-state index is 0.0774. The Morgan fingerprint density at radius 3 is 2.88 bits per heavy atom. The van der Waals surface area contributed by atoms with Gasteiger partial charge in [-0.3, -0.25) is 9.36 Å². The van der Waals surface area contributed by atoms with Gasteiger partial charge in [0, 0.05) is 11.7 Å². The fraction of sp³-hybridized carbons (Fsp3) is 0.500. The normalized spacial score (nSPS) is 23.8. The third-order valence-corrected chi connectivity index (χ3v) is 5.88. The Hall–Kier alpha value is -1.82. The molecule has 1 aliphatic rings. The number of nitrogens with zero attached hydrogens (tertiary/aromatic N) is 3. The van der Waals surface area contributed by atoms with E-state index in [1.165, 1.54) is 24.6 Å². The molecule has 3 atom stereocenters. The maximum Gasteiger partial charge on any atom is 0.230 e. The van der Waals surface area contributed by atoms with Gasteiger partial charge in [0.1, 0.15) is 6.33 Å². The van der Waals surface area contributed by atoms with Crippen LogP contribution in [0.3, 0.4) is 0 Å². The highest BCUT2D eigenvalue weighted by Gasteiger charge is 2.28. The highest BCUT2D eigenvalue weighted by atomic mass is 32.2. The molecule has 1 aromatic heterocycles. The molecule has 0 aliphatic heterocycles. The van der Waals surface area contributed by atoms with E-state index in [0.717, 1.165) is 17.3 Å². The summed E-state index contributed by atoms with van der Waals surface area (Å²) in [6.45, 7) is 4.52. The molecule has 1 amide bonds. The van der Waals surface area contributed by atoms with Gasteiger partial charge in [-0.05, 0) is 30.4 Å². The molecule has 1 fully saturated rings. The number of benzene rings is 1. The molecule has 1 N–H and O–H groups in total. The van der Waals surface area contributed by atoms with E-state index in [1.54, 1.807) is 6.33 Å². The van der Waals surface area contributed by atoms with Crippen molar-refractivity contribution < 1.29 is 4.79 Å². The van der Waals surface area contributed by atoms with E-state index in [2.05, 4.69) is 29.4 Å². The van der Waals surface area contributed by atoms with Crippen LogP contribution >= 0.6 is 11.8 Å². The van der Waals surface area contributed by atoms with Gasteiger partial charge in [0.2, 0.25) is 5.91 Å². The fourth-order valence-corrected chi connectivity index (χ4v) is 3.99. The van der Waals surface area contributed by atoms with Crippen molar-refractivity contribution in [3.8, 4) is 5.69 Å². The van der Waals surface area contributed by atoms with Gasteiger partial charge in [0.15, 0.2) is 5.16 Å². The highest BCUT2D eigenvalue weighted by molar-refractivity contribution is 7.99. The molecular weight excluding hydrogens is 320 g/mol. The number of thioether (sulfide) groups is 1. The van der Waals surface area contributed by atoms with E-state index < -0.39 is 0 Å². The molecule has 0 spiro atoms. The van der Waals surface area contributed by atoms with E-state index in [1.807, 2.05) is 34.9 Å². The van der Waals surface area contributed by atoms with Gasteiger partial charge in [-0.2, -0.15) is 0 Å². The molecule has 5 nitrogen and oxygen atoms in total. The first kappa shape index (κ1) is 17.0. The van der Waals surface area contributed by atoms with Crippen LogP contribution in [0.4, 0.5) is 0 Å². The van der Waals surface area contributed by atoms with Crippen LogP contribution in [0.15, 0.2) is 41.8 Å². The lowest BCUT2D eigenvalue weighted by Gasteiger charge is -2.34. The summed E-state index contributed by atoms with van der Waals surface area (Å²) in [5, 5.41) is 12.0. The van der Waals surface area contributed by atoms with Crippen molar-refractivity contribution in [3.05, 3.63) is 36.7 Å². The summed E-state index contributed by atoms with van der Waals surface area (Å²) in [7, 11) is 0. The number of carbonyl (C=O) groups excluding carboxylic acids is 1. The predicted octanol–water partition coefficient (Wildman–Crippen LogP) is 3.30. The van der Waals surface area contributed by atoms with Gasteiger partial charge in [-0.15, -0.1) is 10.2 Å². The minimum Gasteiger partial charge on any atom is -0.352 e. The second-order valence-corrected chi connectivity index (χ2v) is 7.49. The molecule has 1 aliphatic carbocycles. The van der Waals surface area contributed by atoms with E-state index in [4.69, 9.17) is 0 Å². The fourth-order valence-electron chi connectivity index (χ4n) is 3.25. The largest absolute Gasteiger partial charge is 0.352 e. The average Bonchev–Trinajstić information content (AvgIpc) is 3.06. The Morgan fingerprint density at radius 1 is 1.29 bits per heavy atom. The first-order valence-electron chi connectivity index (χ1n) is 8.52. The monoisotopic (exact) mass is 344 g/mol. The van der Waals surface area contributed by atoms with Crippen LogP contribution in [0.1, 0.15) is 33.1 Å². The molecule has 0 saturated heterocycles. The Bertz CT molecular complexity index is 673. The van der Waals surface area contributed by atoms with Crippen LogP contribution in [0, 0.1) is 11.8 Å². The molecule has 0 radical (unpaired) electrons. The standard InChI is InChI=1S/C18H24N4OS/c1-13-7-6-10-16(14(13)2)20-17(23)11-24-18-21-19-12-22(18)15-8-4-3-5-9-15/h3-5,8-9,12-14,16H,6-7,10-11H2,1-2H3,(H,20,23)/t13-,14+,16+/m1/s1. The summed E-state index contributed by atoms with van der Waals surface area (Å²) >= 11 is 1.42. The van der Waals surface area contributed by atoms with Crippen LogP contribution in [0.25, 0.3) is 5.69 Å². The summed E-state index contributed by atoms with van der Waals surface area (Å²) in [5.41, 5.74) is 1.00. The van der Waals surface area contributed by atoms with Crippen LogP contribution < -0.4 is 5.32 Å². The topological polar surface area (TPSA) is 59.8 Å². The van der Waals surface area contributed by atoms with Crippen molar-refractivity contribution in [2.24, 2.45) is 11.8 Å². The Morgan fingerprint density at radius 2 is 2.08 bits per heavy atom. The quantitative estimate of drug-likeness (QED) is 0.846. The summed E-state index contributed by atoms with van der Waals surface area (Å²) in [6.07, 6.45) is 5.23. The molecule has 0 unspecified atom stereocenters. The van der Waals surface area contributed by atoms with Crippen molar-refractivity contribution in [1.82, 2.24) is 20.1 Å². The van der Waals surface area contributed by atoms with Crippen LogP contribution in [-0.4, -0.2) is 32.5 Å². The lowest BCUT2D eigenvalue weighted by Crippen LogP contribution is -2.44. The van der Waals surface area contributed by atoms with Gasteiger partial charge in [0.05, 0.1) is 5.75 Å². The Labute approximate surface area is 147 Å². The summed E-state index contributed by atoms with van der Waals surface area (Å²) in [6, 6.07) is 10.2. The zero-order chi connectivity index (χ0) is 16.9. The predicted molar refractivity (Wildman–Crippen MR) is 96.2 cm³/mol. The molecule has 1 aromatic carbocycles. The third kappa shape index (κ3) is 3.98. The van der Waals surface area contributed by atoms with Gasteiger partial charge < -0.3 is 5.32 Å². The maximum atomic E-state index is 12.3. The molecule has 2 aromatic rings. The number of nitrogens with one attached hydrogen (secondary N) is 1. The Balaban J connectivity index is 1.57. The van der Waals surface area contributed by atoms with E-state index in [9.17, 15) is 4.79 Å². The van der Waals surface area contributed by atoms with Crippen LogP contribution in [-0.2, 0) is 4.79 Å². The Kier molecular flexibility index (Phi) is 5.56. The van der Waals surface area contributed by atoms with Gasteiger partial charge in [-0.1, -0.05) is 56.7 Å². The second-order valence-electron chi connectivity index (χ2n) is 6.55. The summed E-state index contributed by atoms with van der Waals surface area (Å²) in [5.74, 6) is 1.66. The molecular formula is C18H24N4OS. The summed E-state index contributed by atoms with van der Waals surface area (Å²) in [4.78, 5) is 12.3. The number of para-hydroxylation sites is 1. The molecule has 1 saturated carbocycles. The molecule has 24 heavy (non-hydrogen) atoms. The second kappa shape index (κ2) is 7.83. The zero-order valence-electron chi connectivity index (χ0n) is 14.2. The SMILES string of the molecule is C[C@H]1[C@H](C)CCC[C@@H]1NC(=O)CSc1nncn1-c1ccccc1. The van der Waals surface area contributed by atoms with Crippen molar-refractivity contribution in [2.45, 2.75) is 44.3 Å². The van der Waals surface area contributed by atoms with Crippen molar-refractivity contribution >= 4 is 17.7 Å². The van der Waals surface area contributed by atoms with E-state index in [0.29, 0.717) is 23.6 Å². The minimum absolute atomic E-state index is 0.0774. The third-order valence-electron chi connectivity index (χ3n) is 4.94. The number of hydrogen-bond acceptors (Lipinski definition) is 4. The lowest BCUT2D eigenvalue weighted by molar-refractivity contribution is -0.120. The highest BCUT2D eigenvalue weighted by Crippen LogP contribution is 2.29. The van der Waals surface area contributed by atoms with Crippen molar-refractivity contribution in [1.29, 1.82) is 0 Å². The molecule has 1 heterocycles.